The van der Waals surface area contributed by atoms with Crippen molar-refractivity contribution in [1.29, 1.82) is 0 Å². The van der Waals surface area contributed by atoms with Gasteiger partial charge in [0.25, 0.3) is 10.0 Å². The van der Waals surface area contributed by atoms with Gasteiger partial charge in [-0.1, -0.05) is 4.47 Å². The fraction of sp³-hybridized carbons (Fsp3) is 0.455. The lowest BCUT2D eigenvalue weighted by molar-refractivity contribution is -0.0284. The summed E-state index contributed by atoms with van der Waals surface area (Å²) in [5.74, 6) is 0. The Balaban J connectivity index is 2.46. The Morgan fingerprint density at radius 3 is 2.59 bits per heavy atom. The molecule has 0 atom stereocenters. The molecule has 6 heteroatoms. The molecule has 5 nitrogen and oxygen atoms in total. The summed E-state index contributed by atoms with van der Waals surface area (Å²) in [7, 11) is -3.57. The van der Waals surface area contributed by atoms with Crippen molar-refractivity contribution in [2.75, 3.05) is 18.9 Å². The Hall–Kier alpha value is -1.11. The van der Waals surface area contributed by atoms with Gasteiger partial charge in [-0.2, -0.15) is 0 Å². The SMILES string of the molecule is Cc1cc(S(=O)(=O)N2CCCO2)cc(N)c1C. The maximum Gasteiger partial charge on any atom is 0.265 e. The monoisotopic (exact) mass is 256 g/mol. The fourth-order valence-corrected chi connectivity index (χ4v) is 3.15. The van der Waals surface area contributed by atoms with E-state index in [4.69, 9.17) is 10.6 Å². The molecular weight excluding hydrogens is 240 g/mol. The Labute approximate surface area is 101 Å². The zero-order valence-electron chi connectivity index (χ0n) is 9.93. The number of benzene rings is 1. The Kier molecular flexibility index (Phi) is 3.11. The van der Waals surface area contributed by atoms with Gasteiger partial charge >= 0.3 is 0 Å². The van der Waals surface area contributed by atoms with E-state index >= 15 is 0 Å². The highest BCUT2D eigenvalue weighted by molar-refractivity contribution is 7.89. The number of nitrogens with two attached hydrogens (primary N) is 1. The van der Waals surface area contributed by atoms with Crippen LogP contribution in [0.3, 0.4) is 0 Å². The minimum atomic E-state index is -3.57. The molecule has 0 saturated carbocycles. The number of hydrogen-bond acceptors (Lipinski definition) is 4. The van der Waals surface area contributed by atoms with Gasteiger partial charge in [0.15, 0.2) is 0 Å². The van der Waals surface area contributed by atoms with E-state index in [1.165, 1.54) is 6.07 Å². The molecule has 0 aromatic heterocycles. The molecule has 17 heavy (non-hydrogen) atoms. The summed E-state index contributed by atoms with van der Waals surface area (Å²) in [6.07, 6.45) is 0.722. The number of nitrogens with zero attached hydrogens (tertiary/aromatic N) is 1. The van der Waals surface area contributed by atoms with Crippen LogP contribution in [0, 0.1) is 13.8 Å². The van der Waals surface area contributed by atoms with E-state index in [-0.39, 0.29) is 4.90 Å². The molecule has 94 valence electrons. The van der Waals surface area contributed by atoms with E-state index in [0.29, 0.717) is 18.8 Å². The minimum absolute atomic E-state index is 0.194. The second-order valence-corrected chi connectivity index (χ2v) is 6.00. The summed E-state index contributed by atoms with van der Waals surface area (Å²) in [5.41, 5.74) is 8.05. The highest BCUT2D eigenvalue weighted by Crippen LogP contribution is 2.25. The molecule has 1 aromatic carbocycles. The zero-order chi connectivity index (χ0) is 12.6. The Bertz CT molecular complexity index is 511. The van der Waals surface area contributed by atoms with Crippen LogP contribution < -0.4 is 5.73 Å². The molecule has 0 radical (unpaired) electrons. The molecule has 0 amide bonds. The van der Waals surface area contributed by atoms with Gasteiger partial charge < -0.3 is 5.73 Å². The largest absolute Gasteiger partial charge is 0.398 e. The number of nitrogen functional groups attached to an aromatic ring is 1. The van der Waals surface area contributed by atoms with Crippen molar-refractivity contribution < 1.29 is 13.3 Å². The molecule has 0 unspecified atom stereocenters. The van der Waals surface area contributed by atoms with E-state index < -0.39 is 10.0 Å². The van der Waals surface area contributed by atoms with E-state index in [9.17, 15) is 8.42 Å². The van der Waals surface area contributed by atoms with Crippen molar-refractivity contribution in [3.8, 4) is 0 Å². The highest BCUT2D eigenvalue weighted by Gasteiger charge is 2.29. The van der Waals surface area contributed by atoms with Crippen LogP contribution >= 0.6 is 0 Å². The van der Waals surface area contributed by atoms with Crippen LogP contribution in [0.25, 0.3) is 0 Å². The lowest BCUT2D eigenvalue weighted by Gasteiger charge is -2.16. The van der Waals surface area contributed by atoms with Gasteiger partial charge in [0, 0.05) is 12.2 Å². The van der Waals surface area contributed by atoms with Crippen LogP contribution in [0.15, 0.2) is 17.0 Å². The molecule has 1 saturated heterocycles. The maximum absolute atomic E-state index is 12.2. The standard InChI is InChI=1S/C11H16N2O3S/c1-8-6-10(7-11(12)9(8)2)17(14,15)13-4-3-5-16-13/h6-7H,3-5,12H2,1-2H3. The van der Waals surface area contributed by atoms with E-state index in [1.54, 1.807) is 6.07 Å². The first-order chi connectivity index (χ1) is 7.93. The lowest BCUT2D eigenvalue weighted by Crippen LogP contribution is -2.27. The normalized spacial score (nSPS) is 17.5. The first-order valence-corrected chi connectivity index (χ1v) is 6.89. The third-order valence-electron chi connectivity index (χ3n) is 2.97. The van der Waals surface area contributed by atoms with Crippen molar-refractivity contribution in [3.63, 3.8) is 0 Å². The number of hydrogen-bond donors (Lipinski definition) is 1. The molecular formula is C11H16N2O3S. The highest BCUT2D eigenvalue weighted by atomic mass is 32.2. The third-order valence-corrected chi connectivity index (χ3v) is 4.62. The molecule has 0 aliphatic carbocycles. The average Bonchev–Trinajstić information content (AvgIpc) is 2.79. The quantitative estimate of drug-likeness (QED) is 0.807. The molecule has 0 bridgehead atoms. The van der Waals surface area contributed by atoms with Gasteiger partial charge in [-0.15, -0.1) is 0 Å². The molecule has 2 N–H and O–H groups in total. The van der Waals surface area contributed by atoms with Crippen LogP contribution in [-0.2, 0) is 14.9 Å². The van der Waals surface area contributed by atoms with Crippen molar-refractivity contribution in [1.82, 2.24) is 4.47 Å². The van der Waals surface area contributed by atoms with Crippen molar-refractivity contribution in [2.45, 2.75) is 25.2 Å². The van der Waals surface area contributed by atoms with Crippen molar-refractivity contribution in [2.24, 2.45) is 0 Å². The van der Waals surface area contributed by atoms with Gasteiger partial charge in [-0.05, 0) is 43.5 Å². The van der Waals surface area contributed by atoms with Gasteiger partial charge in [-0.3, -0.25) is 4.84 Å². The van der Waals surface area contributed by atoms with Crippen LogP contribution in [0.1, 0.15) is 17.5 Å². The van der Waals surface area contributed by atoms with Crippen LogP contribution in [-0.4, -0.2) is 26.0 Å². The molecule has 1 aliphatic heterocycles. The number of sulfonamides is 1. The fourth-order valence-electron chi connectivity index (χ4n) is 1.73. The topological polar surface area (TPSA) is 72.6 Å². The van der Waals surface area contributed by atoms with Gasteiger partial charge in [-0.25, -0.2) is 8.42 Å². The number of aryl methyl sites for hydroxylation is 1. The zero-order valence-corrected chi connectivity index (χ0v) is 10.8. The summed E-state index contributed by atoms with van der Waals surface area (Å²) >= 11 is 0. The van der Waals surface area contributed by atoms with Gasteiger partial charge in [0.2, 0.25) is 0 Å². The summed E-state index contributed by atoms with van der Waals surface area (Å²) in [6.45, 7) is 4.55. The maximum atomic E-state index is 12.2. The predicted octanol–water partition coefficient (Wildman–Crippen LogP) is 1.21. The minimum Gasteiger partial charge on any atom is -0.398 e. The van der Waals surface area contributed by atoms with Crippen LogP contribution in [0.2, 0.25) is 0 Å². The first-order valence-electron chi connectivity index (χ1n) is 5.45. The second kappa shape index (κ2) is 4.29. The predicted molar refractivity (Wildman–Crippen MR) is 64.8 cm³/mol. The molecule has 2 rings (SSSR count). The lowest BCUT2D eigenvalue weighted by atomic mass is 10.1. The van der Waals surface area contributed by atoms with Crippen LogP contribution in [0.5, 0.6) is 0 Å². The number of anilines is 1. The number of hydroxylamine groups is 1. The molecule has 1 aliphatic rings. The van der Waals surface area contributed by atoms with Gasteiger partial charge in [0.05, 0.1) is 11.5 Å². The van der Waals surface area contributed by atoms with Crippen molar-refractivity contribution in [3.05, 3.63) is 23.3 Å². The molecule has 1 fully saturated rings. The van der Waals surface area contributed by atoms with E-state index in [2.05, 4.69) is 0 Å². The Morgan fingerprint density at radius 2 is 2.06 bits per heavy atom. The van der Waals surface area contributed by atoms with E-state index in [0.717, 1.165) is 22.0 Å². The summed E-state index contributed by atoms with van der Waals surface area (Å²) in [4.78, 5) is 5.28. The number of rotatable bonds is 2. The van der Waals surface area contributed by atoms with Crippen molar-refractivity contribution >= 4 is 15.7 Å². The summed E-state index contributed by atoms with van der Waals surface area (Å²) < 4.78 is 25.4. The van der Waals surface area contributed by atoms with E-state index in [1.807, 2.05) is 13.8 Å². The molecule has 0 spiro atoms. The third kappa shape index (κ3) is 2.15. The second-order valence-electron chi connectivity index (χ2n) is 4.17. The summed E-state index contributed by atoms with van der Waals surface area (Å²) in [6, 6.07) is 3.11. The smallest absolute Gasteiger partial charge is 0.265 e. The first kappa shape index (κ1) is 12.3. The average molecular weight is 256 g/mol. The summed E-state index contributed by atoms with van der Waals surface area (Å²) in [5, 5.41) is 0. The molecule has 1 aromatic rings. The Morgan fingerprint density at radius 1 is 1.35 bits per heavy atom. The van der Waals surface area contributed by atoms with Gasteiger partial charge in [0.1, 0.15) is 0 Å². The molecule has 1 heterocycles. The van der Waals surface area contributed by atoms with Crippen LogP contribution in [0.4, 0.5) is 5.69 Å².